The molecule has 0 aromatic heterocycles. The second-order valence-electron chi connectivity index (χ2n) is 9.38. The van der Waals surface area contributed by atoms with E-state index in [0.29, 0.717) is 0 Å². The highest BCUT2D eigenvalue weighted by Gasteiger charge is 2.38. The summed E-state index contributed by atoms with van der Waals surface area (Å²) in [5, 5.41) is 12.8. The normalized spacial score (nSPS) is 23.2. The first-order valence-electron chi connectivity index (χ1n) is 11.5. The minimum Gasteiger partial charge on any atom is -0.389 e. The van der Waals surface area contributed by atoms with Crippen LogP contribution in [0, 0.1) is 0 Å². The largest absolute Gasteiger partial charge is 0.389 e. The van der Waals surface area contributed by atoms with Gasteiger partial charge in [0.1, 0.15) is 0 Å². The van der Waals surface area contributed by atoms with Gasteiger partial charge in [-0.25, -0.2) is 0 Å². The first kappa shape index (κ1) is 20.4. The van der Waals surface area contributed by atoms with E-state index in [1.807, 2.05) is 6.92 Å². The second kappa shape index (κ2) is 8.49. The van der Waals surface area contributed by atoms with E-state index in [0.717, 1.165) is 25.1 Å². The van der Waals surface area contributed by atoms with E-state index in [2.05, 4.69) is 60.5 Å². The summed E-state index contributed by atoms with van der Waals surface area (Å²) in [7, 11) is 0. The molecule has 5 rings (SSSR count). The molecule has 2 aliphatic carbocycles. The molecular formula is C26H37N2O+. The third-order valence-corrected chi connectivity index (χ3v) is 6.92. The smallest absolute Gasteiger partial charge is 0.0773 e. The maximum absolute atomic E-state index is 10.5. The predicted molar refractivity (Wildman–Crippen MR) is 122 cm³/mol. The van der Waals surface area contributed by atoms with Gasteiger partial charge in [0.05, 0.1) is 19.2 Å². The van der Waals surface area contributed by atoms with Gasteiger partial charge in [-0.1, -0.05) is 38.1 Å². The van der Waals surface area contributed by atoms with Crippen LogP contribution in [0.2, 0.25) is 0 Å². The zero-order valence-electron chi connectivity index (χ0n) is 18.4. The molecule has 2 heterocycles. The Hall–Kier alpha value is -1.84. The van der Waals surface area contributed by atoms with Gasteiger partial charge in [0.25, 0.3) is 0 Å². The van der Waals surface area contributed by atoms with Crippen LogP contribution in [0.1, 0.15) is 64.0 Å². The van der Waals surface area contributed by atoms with E-state index < -0.39 is 6.10 Å². The van der Waals surface area contributed by atoms with Crippen LogP contribution in [-0.4, -0.2) is 37.4 Å². The summed E-state index contributed by atoms with van der Waals surface area (Å²) in [5.41, 5.74) is 7.56. The molecule has 1 unspecified atom stereocenters. The lowest BCUT2D eigenvalue weighted by Crippen LogP contribution is -2.80. The van der Waals surface area contributed by atoms with Gasteiger partial charge in [-0.15, -0.1) is 0 Å². The number of fused-ring (bicyclic) bond motifs is 2. The lowest BCUT2D eigenvalue weighted by atomic mass is 9.64. The number of hydrogen-bond donors (Lipinski definition) is 2. The van der Waals surface area contributed by atoms with Crippen LogP contribution in [0.5, 0.6) is 0 Å². The van der Waals surface area contributed by atoms with Gasteiger partial charge < -0.3 is 15.3 Å². The third-order valence-electron chi connectivity index (χ3n) is 6.92. The number of nitrogens with zero attached hydrogens (tertiary/aromatic N) is 1. The van der Waals surface area contributed by atoms with Crippen LogP contribution < -0.4 is 10.2 Å². The zero-order valence-corrected chi connectivity index (χ0v) is 18.4. The molecule has 0 saturated carbocycles. The Morgan fingerprint density at radius 3 is 2.41 bits per heavy atom. The van der Waals surface area contributed by atoms with Gasteiger partial charge in [-0.2, -0.15) is 0 Å². The van der Waals surface area contributed by atoms with Gasteiger partial charge >= 0.3 is 0 Å². The first-order valence-corrected chi connectivity index (χ1v) is 11.5. The Balaban J connectivity index is 0.000000359. The Morgan fingerprint density at radius 2 is 1.79 bits per heavy atom. The highest BCUT2D eigenvalue weighted by molar-refractivity contribution is 5.86. The van der Waals surface area contributed by atoms with Gasteiger partial charge in [-0.3, -0.25) is 0 Å². The Kier molecular flexibility index (Phi) is 5.98. The summed E-state index contributed by atoms with van der Waals surface area (Å²) in [4.78, 5) is 2.49. The SMILES string of the molecule is C1CC[NH2+]C1.CC(O)C1=C2C=CCC=C2C(C)(C)c2cc(N3CCCC3)ccc21. The summed E-state index contributed by atoms with van der Waals surface area (Å²) in [6.45, 7) is 11.6. The molecule has 1 aromatic carbocycles. The number of aliphatic hydroxyl groups excluding tert-OH is 1. The maximum atomic E-state index is 10.5. The van der Waals surface area contributed by atoms with E-state index >= 15 is 0 Å². The van der Waals surface area contributed by atoms with Gasteiger partial charge in [0.15, 0.2) is 0 Å². The molecule has 1 aromatic rings. The molecule has 29 heavy (non-hydrogen) atoms. The minimum absolute atomic E-state index is 0.0243. The van der Waals surface area contributed by atoms with Crippen molar-refractivity contribution in [3.05, 3.63) is 58.7 Å². The molecule has 2 saturated heterocycles. The molecule has 156 valence electrons. The second-order valence-corrected chi connectivity index (χ2v) is 9.38. The molecule has 0 radical (unpaired) electrons. The van der Waals surface area contributed by atoms with E-state index in [1.165, 1.54) is 66.7 Å². The van der Waals surface area contributed by atoms with E-state index in [9.17, 15) is 5.11 Å². The monoisotopic (exact) mass is 393 g/mol. The predicted octanol–water partition coefficient (Wildman–Crippen LogP) is 3.94. The number of allylic oxidation sites excluding steroid dienone is 5. The minimum atomic E-state index is -0.460. The average Bonchev–Trinajstić information content (AvgIpc) is 3.44. The average molecular weight is 394 g/mol. The van der Waals surface area contributed by atoms with Gasteiger partial charge in [-0.05, 0) is 66.2 Å². The molecule has 0 bridgehead atoms. The molecule has 3 N–H and O–H groups in total. The molecular weight excluding hydrogens is 356 g/mol. The van der Waals surface area contributed by atoms with Crippen LogP contribution in [-0.2, 0) is 5.41 Å². The van der Waals surface area contributed by atoms with E-state index in [4.69, 9.17) is 0 Å². The van der Waals surface area contributed by atoms with Crippen molar-refractivity contribution in [3.8, 4) is 0 Å². The molecule has 0 spiro atoms. The number of aliphatic hydroxyl groups is 1. The van der Waals surface area contributed by atoms with Crippen LogP contribution in [0.15, 0.2) is 47.6 Å². The van der Waals surface area contributed by atoms with Crippen molar-refractivity contribution in [2.24, 2.45) is 0 Å². The lowest BCUT2D eigenvalue weighted by molar-refractivity contribution is -0.635. The summed E-state index contributed by atoms with van der Waals surface area (Å²) in [6.07, 6.45) is 12.7. The molecule has 4 aliphatic rings. The Labute approximate surface area is 176 Å². The number of nitrogens with two attached hydrogens (primary N) is 1. The van der Waals surface area contributed by atoms with Crippen molar-refractivity contribution in [2.45, 2.75) is 64.4 Å². The maximum Gasteiger partial charge on any atom is 0.0773 e. The fourth-order valence-electron chi connectivity index (χ4n) is 5.32. The van der Waals surface area contributed by atoms with Crippen molar-refractivity contribution in [1.29, 1.82) is 0 Å². The highest BCUT2D eigenvalue weighted by atomic mass is 16.3. The molecule has 3 nitrogen and oxygen atoms in total. The molecule has 1 atom stereocenters. The molecule has 0 amide bonds. The van der Waals surface area contributed by atoms with Gasteiger partial charge in [0, 0.05) is 37.0 Å². The van der Waals surface area contributed by atoms with Crippen LogP contribution >= 0.6 is 0 Å². The Bertz CT molecular complexity index is 827. The zero-order chi connectivity index (χ0) is 20.4. The number of hydrogen-bond acceptors (Lipinski definition) is 2. The summed E-state index contributed by atoms with van der Waals surface area (Å²) in [6, 6.07) is 6.85. The van der Waals surface area contributed by atoms with Crippen LogP contribution in [0.25, 0.3) is 5.57 Å². The van der Waals surface area contributed by atoms with Crippen molar-refractivity contribution < 1.29 is 10.4 Å². The first-order chi connectivity index (χ1) is 14.0. The molecule has 2 fully saturated rings. The summed E-state index contributed by atoms with van der Waals surface area (Å²) < 4.78 is 0. The topological polar surface area (TPSA) is 40.1 Å². The van der Waals surface area contributed by atoms with Crippen LogP contribution in [0.3, 0.4) is 0 Å². The summed E-state index contributed by atoms with van der Waals surface area (Å²) >= 11 is 0. The quantitative estimate of drug-likeness (QED) is 0.799. The van der Waals surface area contributed by atoms with E-state index in [-0.39, 0.29) is 5.41 Å². The van der Waals surface area contributed by atoms with E-state index in [1.54, 1.807) is 0 Å². The fraction of sp³-hybridized carbons (Fsp3) is 0.538. The lowest BCUT2D eigenvalue weighted by Gasteiger charge is -2.40. The van der Waals surface area contributed by atoms with Gasteiger partial charge in [0.2, 0.25) is 0 Å². The van der Waals surface area contributed by atoms with Crippen molar-refractivity contribution in [1.82, 2.24) is 0 Å². The number of benzene rings is 1. The number of quaternary nitrogens is 1. The Morgan fingerprint density at radius 1 is 1.07 bits per heavy atom. The number of anilines is 1. The van der Waals surface area contributed by atoms with Crippen molar-refractivity contribution >= 4 is 11.3 Å². The standard InChI is InChI=1S/C22H27NO.C4H9N/c1-15(24)21-17-8-4-5-9-19(17)22(2,3)20-14-16(10-11-18(20)21)23-12-6-7-13-23;1-2-4-5-3-1/h4,8-11,14-15,24H,5-7,12-13H2,1-3H3;5H,1-4H2/p+1. The van der Waals surface area contributed by atoms with Crippen molar-refractivity contribution in [2.75, 3.05) is 31.1 Å². The molecule has 3 heteroatoms. The van der Waals surface area contributed by atoms with Crippen LogP contribution in [0.4, 0.5) is 5.69 Å². The molecule has 2 aliphatic heterocycles. The fourth-order valence-corrected chi connectivity index (χ4v) is 5.32. The number of rotatable bonds is 2. The third kappa shape index (κ3) is 3.95. The van der Waals surface area contributed by atoms with Crippen molar-refractivity contribution in [3.63, 3.8) is 0 Å². The summed E-state index contributed by atoms with van der Waals surface area (Å²) in [5.74, 6) is 0. The highest BCUT2D eigenvalue weighted by Crippen LogP contribution is 2.49.